The van der Waals surface area contributed by atoms with Gasteiger partial charge in [0, 0.05) is 36.1 Å². The summed E-state index contributed by atoms with van der Waals surface area (Å²) >= 11 is 0. The first-order valence-electron chi connectivity index (χ1n) is 9.58. The van der Waals surface area contributed by atoms with Crippen LogP contribution in [0.4, 0.5) is 0 Å². The van der Waals surface area contributed by atoms with Crippen molar-refractivity contribution in [3.63, 3.8) is 0 Å². The van der Waals surface area contributed by atoms with E-state index in [1.807, 2.05) is 23.2 Å². The van der Waals surface area contributed by atoms with E-state index in [1.165, 1.54) is 11.1 Å². The van der Waals surface area contributed by atoms with Gasteiger partial charge < -0.3 is 21.4 Å². The summed E-state index contributed by atoms with van der Waals surface area (Å²) in [5, 5.41) is 1.15. The van der Waals surface area contributed by atoms with E-state index in [2.05, 4.69) is 46.4 Å². The third-order valence-electron chi connectivity index (χ3n) is 5.43. The molecule has 6 heteroatoms. The summed E-state index contributed by atoms with van der Waals surface area (Å²) in [6, 6.07) is 16.8. The highest BCUT2D eigenvalue weighted by molar-refractivity contribution is 5.84. The Balaban J connectivity index is 1.58. The number of nitrogens with two attached hydrogens (primary N) is 2. The average molecular weight is 375 g/mol. The molecule has 6 nitrogen and oxygen atoms in total. The number of fused-ring (bicyclic) bond motifs is 2. The van der Waals surface area contributed by atoms with Gasteiger partial charge in [-0.05, 0) is 35.6 Å². The Morgan fingerprint density at radius 2 is 1.75 bits per heavy atom. The first-order chi connectivity index (χ1) is 13.6. The predicted octanol–water partition coefficient (Wildman–Crippen LogP) is 2.33. The highest BCUT2D eigenvalue weighted by atomic mass is 16.2. The van der Waals surface area contributed by atoms with Crippen molar-refractivity contribution >= 4 is 22.8 Å². The summed E-state index contributed by atoms with van der Waals surface area (Å²) in [5.74, 6) is 0.0948. The lowest BCUT2D eigenvalue weighted by atomic mass is 10.1. The molecule has 0 atom stereocenters. The second-order valence-corrected chi connectivity index (χ2v) is 7.27. The molecule has 3 aromatic rings. The summed E-state index contributed by atoms with van der Waals surface area (Å²) in [5.41, 5.74) is 15.7. The van der Waals surface area contributed by atoms with Gasteiger partial charge in [0.15, 0.2) is 5.96 Å². The predicted molar refractivity (Wildman–Crippen MR) is 112 cm³/mol. The molecule has 5 N–H and O–H groups in total. The highest BCUT2D eigenvalue weighted by Crippen LogP contribution is 2.28. The Kier molecular flexibility index (Phi) is 5.02. The number of para-hydroxylation sites is 1. The van der Waals surface area contributed by atoms with E-state index in [0.717, 1.165) is 29.3 Å². The van der Waals surface area contributed by atoms with Gasteiger partial charge in [-0.25, -0.2) is 0 Å². The van der Waals surface area contributed by atoms with E-state index < -0.39 is 0 Å². The zero-order valence-electron chi connectivity index (χ0n) is 15.8. The molecule has 1 aliphatic carbocycles. The Hall–Kier alpha value is -3.28. The number of carbonyl (C=O) groups is 1. The molecule has 0 fully saturated rings. The van der Waals surface area contributed by atoms with Gasteiger partial charge in [-0.1, -0.05) is 42.5 Å². The summed E-state index contributed by atoms with van der Waals surface area (Å²) in [6.07, 6.45) is 4.06. The number of aliphatic imine (C=N–C) groups is 1. The molecule has 0 radical (unpaired) electrons. The number of aromatic amines is 1. The maximum absolute atomic E-state index is 13.1. The molecule has 0 unspecified atom stereocenters. The molecule has 4 rings (SSSR count). The fourth-order valence-electron chi connectivity index (χ4n) is 4.05. The standard InChI is InChI=1S/C22H25N5O/c23-22(24)25-10-9-21(28)27(18-11-15-5-1-2-6-16(15)12-18)14-17-13-26-20-8-4-3-7-19(17)20/h1-8,13,18,26H,9-12,14H2,(H4,23,24,25). The number of aromatic nitrogens is 1. The van der Waals surface area contributed by atoms with Crippen LogP contribution in [0, 0.1) is 0 Å². The van der Waals surface area contributed by atoms with Gasteiger partial charge in [-0.3, -0.25) is 9.79 Å². The fraction of sp³-hybridized carbons (Fsp3) is 0.273. The van der Waals surface area contributed by atoms with Gasteiger partial charge in [0.05, 0.1) is 6.54 Å². The maximum atomic E-state index is 13.1. The maximum Gasteiger partial charge on any atom is 0.225 e. The van der Waals surface area contributed by atoms with Crippen molar-refractivity contribution in [2.45, 2.75) is 31.8 Å². The lowest BCUT2D eigenvalue weighted by Gasteiger charge is -2.29. The molecular formula is C22H25N5O. The number of hydrogen-bond acceptors (Lipinski definition) is 2. The van der Waals surface area contributed by atoms with E-state index in [9.17, 15) is 4.79 Å². The number of benzene rings is 2. The zero-order valence-corrected chi connectivity index (χ0v) is 15.8. The third kappa shape index (κ3) is 3.71. The molecular weight excluding hydrogens is 350 g/mol. The summed E-state index contributed by atoms with van der Waals surface area (Å²) in [7, 11) is 0. The summed E-state index contributed by atoms with van der Waals surface area (Å²) < 4.78 is 0. The molecule has 0 aliphatic heterocycles. The Bertz CT molecular complexity index is 993. The van der Waals surface area contributed by atoms with Crippen LogP contribution < -0.4 is 11.5 Å². The minimum Gasteiger partial charge on any atom is -0.370 e. The van der Waals surface area contributed by atoms with Gasteiger partial charge in [0.1, 0.15) is 0 Å². The Labute approximate surface area is 164 Å². The number of H-pyrrole nitrogens is 1. The van der Waals surface area contributed by atoms with Crippen molar-refractivity contribution in [2.24, 2.45) is 16.5 Å². The number of guanidine groups is 1. The van der Waals surface area contributed by atoms with Crippen molar-refractivity contribution in [3.8, 4) is 0 Å². The van der Waals surface area contributed by atoms with Crippen LogP contribution in [0.15, 0.2) is 59.7 Å². The molecule has 1 heterocycles. The van der Waals surface area contributed by atoms with Crippen molar-refractivity contribution < 1.29 is 4.79 Å². The summed E-state index contributed by atoms with van der Waals surface area (Å²) in [6.45, 7) is 0.883. The molecule has 0 spiro atoms. The van der Waals surface area contributed by atoms with Gasteiger partial charge in [-0.15, -0.1) is 0 Å². The van der Waals surface area contributed by atoms with Crippen LogP contribution in [0.1, 0.15) is 23.1 Å². The van der Waals surface area contributed by atoms with Gasteiger partial charge in [0.2, 0.25) is 5.91 Å². The number of carbonyl (C=O) groups excluding carboxylic acids is 1. The lowest BCUT2D eigenvalue weighted by molar-refractivity contribution is -0.133. The van der Waals surface area contributed by atoms with Crippen LogP contribution in [0.3, 0.4) is 0 Å². The highest BCUT2D eigenvalue weighted by Gasteiger charge is 2.30. The summed E-state index contributed by atoms with van der Waals surface area (Å²) in [4.78, 5) is 22.4. The monoisotopic (exact) mass is 375 g/mol. The van der Waals surface area contributed by atoms with Crippen molar-refractivity contribution in [2.75, 3.05) is 6.54 Å². The number of nitrogens with one attached hydrogen (secondary N) is 1. The topological polar surface area (TPSA) is 100 Å². The zero-order chi connectivity index (χ0) is 19.5. The van der Waals surface area contributed by atoms with E-state index >= 15 is 0 Å². The van der Waals surface area contributed by atoms with Crippen LogP contribution in [0.2, 0.25) is 0 Å². The first-order valence-corrected chi connectivity index (χ1v) is 9.58. The number of amides is 1. The van der Waals surface area contributed by atoms with Crippen LogP contribution in [-0.4, -0.2) is 34.3 Å². The number of hydrogen-bond donors (Lipinski definition) is 3. The molecule has 0 saturated carbocycles. The Morgan fingerprint density at radius 3 is 2.46 bits per heavy atom. The second-order valence-electron chi connectivity index (χ2n) is 7.27. The SMILES string of the molecule is NC(N)=NCCC(=O)N(Cc1c[nH]c2ccccc12)C1Cc2ccccc2C1. The molecule has 0 saturated heterocycles. The minimum atomic E-state index is 0.0178. The molecule has 28 heavy (non-hydrogen) atoms. The Morgan fingerprint density at radius 1 is 1.07 bits per heavy atom. The molecule has 0 bridgehead atoms. The minimum absolute atomic E-state index is 0.0178. The van der Waals surface area contributed by atoms with E-state index in [-0.39, 0.29) is 17.9 Å². The third-order valence-corrected chi connectivity index (χ3v) is 5.43. The van der Waals surface area contributed by atoms with Crippen molar-refractivity contribution in [1.29, 1.82) is 0 Å². The molecule has 1 amide bonds. The van der Waals surface area contributed by atoms with Crippen LogP contribution >= 0.6 is 0 Å². The molecule has 1 aliphatic rings. The second kappa shape index (κ2) is 7.76. The van der Waals surface area contributed by atoms with Gasteiger partial charge in [-0.2, -0.15) is 0 Å². The van der Waals surface area contributed by atoms with E-state index in [4.69, 9.17) is 11.5 Å². The smallest absolute Gasteiger partial charge is 0.225 e. The largest absolute Gasteiger partial charge is 0.370 e. The number of rotatable bonds is 6. The fourth-order valence-corrected chi connectivity index (χ4v) is 4.05. The normalized spacial score (nSPS) is 13.4. The van der Waals surface area contributed by atoms with Crippen molar-refractivity contribution in [1.82, 2.24) is 9.88 Å². The lowest BCUT2D eigenvalue weighted by Crippen LogP contribution is -2.40. The quantitative estimate of drug-likeness (QED) is 0.455. The van der Waals surface area contributed by atoms with Crippen LogP contribution in [-0.2, 0) is 24.2 Å². The van der Waals surface area contributed by atoms with Gasteiger partial charge >= 0.3 is 0 Å². The molecule has 1 aromatic heterocycles. The van der Waals surface area contributed by atoms with Gasteiger partial charge in [0.25, 0.3) is 0 Å². The van der Waals surface area contributed by atoms with Crippen LogP contribution in [0.5, 0.6) is 0 Å². The molecule has 144 valence electrons. The average Bonchev–Trinajstić information content (AvgIpc) is 3.29. The molecule has 2 aromatic carbocycles. The van der Waals surface area contributed by atoms with E-state index in [0.29, 0.717) is 19.5 Å². The number of nitrogens with zero attached hydrogens (tertiary/aromatic N) is 2. The van der Waals surface area contributed by atoms with Crippen molar-refractivity contribution in [3.05, 3.63) is 71.4 Å². The van der Waals surface area contributed by atoms with Crippen LogP contribution in [0.25, 0.3) is 10.9 Å². The first kappa shape index (κ1) is 18.1. The van der Waals surface area contributed by atoms with E-state index in [1.54, 1.807) is 0 Å².